The van der Waals surface area contributed by atoms with Crippen molar-refractivity contribution in [1.82, 2.24) is 0 Å². The number of amides is 1. The predicted molar refractivity (Wildman–Crippen MR) is 111 cm³/mol. The molecule has 5 nitrogen and oxygen atoms in total. The molecule has 0 saturated heterocycles. The van der Waals surface area contributed by atoms with Crippen LogP contribution in [-0.4, -0.2) is 18.3 Å². The Morgan fingerprint density at radius 1 is 1.03 bits per heavy atom. The Morgan fingerprint density at radius 3 is 2.62 bits per heavy atom. The molecule has 1 aliphatic heterocycles. The standard InChI is InChI=1S/C24H19NO4/c26-22(19-9-13-23-21(14-19)25-24(27)16-29-23)12-8-17-6-10-20(11-7-17)28-15-18-4-2-1-3-5-18/h1-14H,15-16H2,(H,25,27)/b12-8+. The van der Waals surface area contributed by atoms with Crippen molar-refractivity contribution in [2.75, 3.05) is 11.9 Å². The number of carbonyl (C=O) groups excluding carboxylic acids is 2. The lowest BCUT2D eigenvalue weighted by atomic mass is 10.1. The van der Waals surface area contributed by atoms with E-state index >= 15 is 0 Å². The molecule has 1 amide bonds. The molecule has 0 spiro atoms. The average Bonchev–Trinajstić information content (AvgIpc) is 2.77. The van der Waals surface area contributed by atoms with Crippen molar-refractivity contribution in [3.05, 3.63) is 95.6 Å². The molecule has 3 aromatic rings. The van der Waals surface area contributed by atoms with E-state index in [-0.39, 0.29) is 18.3 Å². The maximum Gasteiger partial charge on any atom is 0.262 e. The second-order valence-corrected chi connectivity index (χ2v) is 6.59. The number of nitrogens with one attached hydrogen (secondary N) is 1. The molecule has 0 atom stereocenters. The summed E-state index contributed by atoms with van der Waals surface area (Å²) in [5, 5.41) is 2.70. The molecule has 4 rings (SSSR count). The van der Waals surface area contributed by atoms with Gasteiger partial charge in [0.25, 0.3) is 5.91 Å². The number of carbonyl (C=O) groups is 2. The number of fused-ring (bicyclic) bond motifs is 1. The Kier molecular flexibility index (Phi) is 5.38. The van der Waals surface area contributed by atoms with Gasteiger partial charge in [-0.25, -0.2) is 0 Å². The molecular weight excluding hydrogens is 366 g/mol. The van der Waals surface area contributed by atoms with Gasteiger partial charge >= 0.3 is 0 Å². The second kappa shape index (κ2) is 8.44. The Labute approximate surface area is 168 Å². The molecule has 1 aliphatic rings. The van der Waals surface area contributed by atoms with Gasteiger partial charge in [-0.15, -0.1) is 0 Å². The molecule has 0 saturated carbocycles. The molecule has 1 heterocycles. The van der Waals surface area contributed by atoms with Gasteiger partial charge in [-0.05, 0) is 47.5 Å². The van der Waals surface area contributed by atoms with Crippen molar-refractivity contribution in [3.8, 4) is 11.5 Å². The maximum atomic E-state index is 12.4. The molecule has 29 heavy (non-hydrogen) atoms. The van der Waals surface area contributed by atoms with Gasteiger partial charge in [0.2, 0.25) is 0 Å². The molecule has 0 bridgehead atoms. The number of ketones is 1. The molecule has 0 aromatic heterocycles. The monoisotopic (exact) mass is 385 g/mol. The van der Waals surface area contributed by atoms with E-state index < -0.39 is 0 Å². The first-order valence-corrected chi connectivity index (χ1v) is 9.23. The summed E-state index contributed by atoms with van der Waals surface area (Å²) in [6.07, 6.45) is 3.25. The normalized spacial score (nSPS) is 12.8. The third-order valence-electron chi connectivity index (χ3n) is 4.45. The smallest absolute Gasteiger partial charge is 0.262 e. The minimum Gasteiger partial charge on any atom is -0.489 e. The van der Waals surface area contributed by atoms with Gasteiger partial charge in [0.05, 0.1) is 5.69 Å². The fourth-order valence-corrected chi connectivity index (χ4v) is 2.92. The highest BCUT2D eigenvalue weighted by molar-refractivity contribution is 6.08. The first-order valence-electron chi connectivity index (χ1n) is 9.23. The van der Waals surface area contributed by atoms with Gasteiger partial charge in [-0.3, -0.25) is 9.59 Å². The number of rotatable bonds is 6. The molecule has 1 N–H and O–H groups in total. The molecule has 0 unspecified atom stereocenters. The number of hydrogen-bond donors (Lipinski definition) is 1. The lowest BCUT2D eigenvalue weighted by Gasteiger charge is -2.17. The molecule has 144 valence electrons. The topological polar surface area (TPSA) is 64.6 Å². The van der Waals surface area contributed by atoms with E-state index in [0.717, 1.165) is 16.9 Å². The minimum atomic E-state index is -0.229. The van der Waals surface area contributed by atoms with Crippen LogP contribution in [0, 0.1) is 0 Å². The van der Waals surface area contributed by atoms with E-state index in [1.54, 1.807) is 24.3 Å². The SMILES string of the molecule is O=C1COc2ccc(C(=O)/C=C/c3ccc(OCc4ccccc4)cc3)cc2N1. The van der Waals surface area contributed by atoms with Crippen molar-refractivity contribution >= 4 is 23.5 Å². The van der Waals surface area contributed by atoms with E-state index in [2.05, 4.69) is 5.32 Å². The van der Waals surface area contributed by atoms with Crippen LogP contribution < -0.4 is 14.8 Å². The van der Waals surface area contributed by atoms with E-state index in [9.17, 15) is 9.59 Å². The van der Waals surface area contributed by atoms with Crippen molar-refractivity contribution < 1.29 is 19.1 Å². The van der Waals surface area contributed by atoms with Crippen LogP contribution in [0.3, 0.4) is 0 Å². The van der Waals surface area contributed by atoms with E-state index in [4.69, 9.17) is 9.47 Å². The zero-order valence-corrected chi connectivity index (χ0v) is 15.6. The van der Waals surface area contributed by atoms with Gasteiger partial charge in [-0.1, -0.05) is 48.5 Å². The van der Waals surface area contributed by atoms with Crippen LogP contribution in [-0.2, 0) is 11.4 Å². The van der Waals surface area contributed by atoms with Gasteiger partial charge in [0.15, 0.2) is 12.4 Å². The fraction of sp³-hybridized carbons (Fsp3) is 0.0833. The van der Waals surface area contributed by atoms with Crippen molar-refractivity contribution in [1.29, 1.82) is 0 Å². The van der Waals surface area contributed by atoms with Crippen LogP contribution in [0.4, 0.5) is 5.69 Å². The minimum absolute atomic E-state index is 0.00868. The van der Waals surface area contributed by atoms with Crippen LogP contribution in [0.15, 0.2) is 78.9 Å². The zero-order chi connectivity index (χ0) is 20.1. The Hall–Kier alpha value is -3.86. The van der Waals surface area contributed by atoms with Gasteiger partial charge < -0.3 is 14.8 Å². The first kappa shape index (κ1) is 18.5. The summed E-state index contributed by atoms with van der Waals surface area (Å²) in [6, 6.07) is 22.5. The van der Waals surface area contributed by atoms with Crippen LogP contribution in [0.5, 0.6) is 11.5 Å². The second-order valence-electron chi connectivity index (χ2n) is 6.59. The molecule has 0 aliphatic carbocycles. The predicted octanol–water partition coefficient (Wildman–Crippen LogP) is 4.49. The number of allylic oxidation sites excluding steroid dienone is 1. The zero-order valence-electron chi connectivity index (χ0n) is 15.6. The van der Waals surface area contributed by atoms with E-state index in [1.807, 2.05) is 54.6 Å². The quantitative estimate of drug-likeness (QED) is 0.501. The summed E-state index contributed by atoms with van der Waals surface area (Å²) in [5.74, 6) is 0.947. The lowest BCUT2D eigenvalue weighted by Crippen LogP contribution is -2.25. The fourth-order valence-electron chi connectivity index (χ4n) is 2.92. The van der Waals surface area contributed by atoms with E-state index in [0.29, 0.717) is 23.6 Å². The van der Waals surface area contributed by atoms with Crippen LogP contribution in [0.1, 0.15) is 21.5 Å². The molecule has 0 fully saturated rings. The lowest BCUT2D eigenvalue weighted by molar-refractivity contribution is -0.118. The Morgan fingerprint density at radius 2 is 1.83 bits per heavy atom. The summed E-state index contributed by atoms with van der Waals surface area (Å²) in [6.45, 7) is 0.498. The van der Waals surface area contributed by atoms with E-state index in [1.165, 1.54) is 6.08 Å². The maximum absolute atomic E-state index is 12.4. The summed E-state index contributed by atoms with van der Waals surface area (Å²) in [4.78, 5) is 23.9. The Balaban J connectivity index is 1.38. The van der Waals surface area contributed by atoms with Gasteiger partial charge in [-0.2, -0.15) is 0 Å². The number of benzene rings is 3. The summed E-state index contributed by atoms with van der Waals surface area (Å²) < 4.78 is 11.1. The third kappa shape index (κ3) is 4.71. The third-order valence-corrected chi connectivity index (χ3v) is 4.45. The number of hydrogen-bond acceptors (Lipinski definition) is 4. The first-order chi connectivity index (χ1) is 14.2. The van der Waals surface area contributed by atoms with Crippen LogP contribution in [0.2, 0.25) is 0 Å². The number of anilines is 1. The molecule has 0 radical (unpaired) electrons. The average molecular weight is 385 g/mol. The number of ether oxygens (including phenoxy) is 2. The van der Waals surface area contributed by atoms with Gasteiger partial charge in [0.1, 0.15) is 18.1 Å². The largest absolute Gasteiger partial charge is 0.489 e. The molecular formula is C24H19NO4. The highest BCUT2D eigenvalue weighted by atomic mass is 16.5. The van der Waals surface area contributed by atoms with Crippen molar-refractivity contribution in [3.63, 3.8) is 0 Å². The van der Waals surface area contributed by atoms with Crippen molar-refractivity contribution in [2.45, 2.75) is 6.61 Å². The highest BCUT2D eigenvalue weighted by Gasteiger charge is 2.17. The summed E-state index contributed by atoms with van der Waals surface area (Å²) in [7, 11) is 0. The summed E-state index contributed by atoms with van der Waals surface area (Å²) >= 11 is 0. The van der Waals surface area contributed by atoms with Crippen LogP contribution >= 0.6 is 0 Å². The molecule has 3 aromatic carbocycles. The summed E-state index contributed by atoms with van der Waals surface area (Å²) in [5.41, 5.74) is 2.99. The van der Waals surface area contributed by atoms with Gasteiger partial charge in [0, 0.05) is 5.56 Å². The molecule has 5 heteroatoms. The Bertz CT molecular complexity index is 1060. The van der Waals surface area contributed by atoms with Crippen LogP contribution in [0.25, 0.3) is 6.08 Å². The highest BCUT2D eigenvalue weighted by Crippen LogP contribution is 2.28. The van der Waals surface area contributed by atoms with Crippen molar-refractivity contribution in [2.24, 2.45) is 0 Å².